The van der Waals surface area contributed by atoms with Gasteiger partial charge in [0.05, 0.1) is 6.07 Å². The van der Waals surface area contributed by atoms with E-state index in [0.29, 0.717) is 31.8 Å². The van der Waals surface area contributed by atoms with Crippen molar-refractivity contribution >= 4 is 11.9 Å². The molecule has 4 aliphatic rings. The van der Waals surface area contributed by atoms with Crippen LogP contribution < -0.4 is 11.1 Å². The molecule has 3 N–H and O–H groups in total. The highest BCUT2D eigenvalue weighted by Gasteiger charge is 2.54. The molecule has 3 amide bonds. The molecule has 1 unspecified atom stereocenters. The zero-order valence-corrected chi connectivity index (χ0v) is 18.2. The van der Waals surface area contributed by atoms with E-state index in [0.717, 1.165) is 32.9 Å². The van der Waals surface area contributed by atoms with Crippen LogP contribution in [0.15, 0.2) is 0 Å². The summed E-state index contributed by atoms with van der Waals surface area (Å²) in [6.45, 7) is 3.34. The van der Waals surface area contributed by atoms with Gasteiger partial charge in [-0.05, 0) is 76.3 Å². The fourth-order valence-corrected chi connectivity index (χ4v) is 5.74. The molecule has 4 fully saturated rings. The van der Waals surface area contributed by atoms with Crippen molar-refractivity contribution in [1.82, 2.24) is 15.1 Å². The van der Waals surface area contributed by atoms with E-state index in [1.807, 2.05) is 0 Å². The molecule has 2 heterocycles. The molecule has 2 aliphatic heterocycles. The molecular weight excluding hydrogens is 404 g/mol. The van der Waals surface area contributed by atoms with Crippen LogP contribution >= 0.6 is 0 Å². The van der Waals surface area contributed by atoms with Crippen LogP contribution in [0.3, 0.4) is 0 Å². The molecule has 0 aromatic carbocycles. The number of hydrogen-bond acceptors (Lipinski definition) is 4. The summed E-state index contributed by atoms with van der Waals surface area (Å²) in [7, 11) is 0. The minimum atomic E-state index is -3.03. The van der Waals surface area contributed by atoms with Gasteiger partial charge < -0.3 is 20.9 Å². The first-order valence-electron chi connectivity index (χ1n) is 11.5. The summed E-state index contributed by atoms with van der Waals surface area (Å²) < 4.78 is 28.5. The van der Waals surface area contributed by atoms with E-state index in [-0.39, 0.29) is 12.0 Å². The zero-order chi connectivity index (χ0) is 22.4. The third-order valence-electron chi connectivity index (χ3n) is 7.98. The number of nitriles is 1. The van der Waals surface area contributed by atoms with Crippen molar-refractivity contribution in [2.75, 3.05) is 26.2 Å². The van der Waals surface area contributed by atoms with Crippen molar-refractivity contribution in [3.63, 3.8) is 0 Å². The van der Waals surface area contributed by atoms with Gasteiger partial charge in [0.25, 0.3) is 0 Å². The molecule has 2 atom stereocenters. The number of likely N-dealkylation sites (tertiary alicyclic amines) is 2. The van der Waals surface area contributed by atoms with E-state index >= 15 is 0 Å². The van der Waals surface area contributed by atoms with Crippen molar-refractivity contribution in [1.29, 1.82) is 5.26 Å². The second kappa shape index (κ2) is 7.88. The van der Waals surface area contributed by atoms with Gasteiger partial charge in [-0.25, -0.2) is 13.6 Å². The van der Waals surface area contributed by atoms with E-state index in [9.17, 15) is 23.6 Å². The minimum Gasteiger partial charge on any atom is -0.351 e. The van der Waals surface area contributed by atoms with Gasteiger partial charge in [-0.15, -0.1) is 0 Å². The quantitative estimate of drug-likeness (QED) is 0.666. The Labute approximate surface area is 182 Å². The Morgan fingerprint density at radius 2 is 1.81 bits per heavy atom. The number of urea groups is 1. The van der Waals surface area contributed by atoms with Gasteiger partial charge in [0.1, 0.15) is 5.54 Å². The Morgan fingerprint density at radius 3 is 2.29 bits per heavy atom. The summed E-state index contributed by atoms with van der Waals surface area (Å²) >= 11 is 0. The Bertz CT molecular complexity index is 761. The molecule has 2 aliphatic carbocycles. The summed E-state index contributed by atoms with van der Waals surface area (Å²) in [6, 6.07) is 2.19. The molecule has 2 saturated heterocycles. The van der Waals surface area contributed by atoms with Crippen molar-refractivity contribution in [2.24, 2.45) is 23.0 Å². The van der Waals surface area contributed by atoms with E-state index in [1.54, 1.807) is 0 Å². The summed E-state index contributed by atoms with van der Waals surface area (Å²) in [6.07, 6.45) is 5.28. The number of piperidine rings is 2. The Hall–Kier alpha value is -1.95. The first kappa shape index (κ1) is 22.3. The van der Waals surface area contributed by atoms with Crippen LogP contribution in [-0.2, 0) is 4.79 Å². The highest BCUT2D eigenvalue weighted by Crippen LogP contribution is 2.51. The smallest absolute Gasteiger partial charge is 0.314 e. The lowest BCUT2D eigenvalue weighted by Gasteiger charge is -2.54. The lowest BCUT2D eigenvalue weighted by molar-refractivity contribution is -0.138. The summed E-state index contributed by atoms with van der Waals surface area (Å²) in [5.74, 6) is -4.90. The van der Waals surface area contributed by atoms with Gasteiger partial charge in [-0.3, -0.25) is 4.79 Å². The third kappa shape index (κ3) is 4.79. The molecule has 31 heavy (non-hydrogen) atoms. The summed E-state index contributed by atoms with van der Waals surface area (Å²) in [5.41, 5.74) is 4.35. The number of halogens is 2. The molecule has 0 radical (unpaired) electrons. The SMILES string of the molecule is CC(F)(F)C[C@H](C(=O)NC1(C#N)CC1)C1CN(C(N)=O)CCC12CCN(C1CC1)CC2. The number of hydrogen-bond donors (Lipinski definition) is 2. The van der Waals surface area contributed by atoms with Crippen LogP contribution in [0.5, 0.6) is 0 Å². The van der Waals surface area contributed by atoms with Crippen molar-refractivity contribution in [3.05, 3.63) is 0 Å². The molecule has 9 heteroatoms. The van der Waals surface area contributed by atoms with E-state index in [4.69, 9.17) is 5.73 Å². The predicted octanol–water partition coefficient (Wildman–Crippen LogP) is 2.47. The summed E-state index contributed by atoms with van der Waals surface area (Å²) in [4.78, 5) is 29.2. The van der Waals surface area contributed by atoms with Crippen LogP contribution in [-0.4, -0.2) is 65.4 Å². The second-order valence-electron chi connectivity index (χ2n) is 10.3. The van der Waals surface area contributed by atoms with Crippen LogP contribution in [0.1, 0.15) is 58.3 Å². The van der Waals surface area contributed by atoms with Crippen molar-refractivity contribution in [2.45, 2.75) is 75.8 Å². The third-order valence-corrected chi connectivity index (χ3v) is 7.98. The number of rotatable bonds is 6. The normalized spacial score (nSPS) is 28.6. The van der Waals surface area contributed by atoms with Crippen LogP contribution in [0.25, 0.3) is 0 Å². The minimum absolute atomic E-state index is 0.215. The average Bonchev–Trinajstić information content (AvgIpc) is 3.62. The topological polar surface area (TPSA) is 102 Å². The number of nitrogens with one attached hydrogen (secondary N) is 1. The van der Waals surface area contributed by atoms with E-state index in [1.165, 1.54) is 17.7 Å². The molecule has 4 rings (SSSR count). The Balaban J connectivity index is 1.60. The molecule has 2 saturated carbocycles. The molecule has 1 spiro atoms. The van der Waals surface area contributed by atoms with Gasteiger partial charge >= 0.3 is 6.03 Å². The monoisotopic (exact) mass is 437 g/mol. The largest absolute Gasteiger partial charge is 0.351 e. The van der Waals surface area contributed by atoms with Gasteiger partial charge in [-0.2, -0.15) is 5.26 Å². The highest BCUT2D eigenvalue weighted by atomic mass is 19.3. The Kier molecular flexibility index (Phi) is 5.65. The second-order valence-corrected chi connectivity index (χ2v) is 10.3. The predicted molar refractivity (Wildman–Crippen MR) is 110 cm³/mol. The van der Waals surface area contributed by atoms with Crippen molar-refractivity contribution < 1.29 is 18.4 Å². The maximum absolute atomic E-state index is 14.2. The van der Waals surface area contributed by atoms with E-state index < -0.39 is 41.7 Å². The van der Waals surface area contributed by atoms with Crippen molar-refractivity contribution in [3.8, 4) is 6.07 Å². The lowest BCUT2D eigenvalue weighted by atomic mass is 9.59. The highest BCUT2D eigenvalue weighted by molar-refractivity contribution is 5.81. The fourth-order valence-electron chi connectivity index (χ4n) is 5.74. The van der Waals surface area contributed by atoms with Gasteiger partial charge in [0.2, 0.25) is 11.8 Å². The van der Waals surface area contributed by atoms with E-state index in [2.05, 4.69) is 16.3 Å². The van der Waals surface area contributed by atoms with Crippen LogP contribution in [0.2, 0.25) is 0 Å². The Morgan fingerprint density at radius 1 is 1.19 bits per heavy atom. The number of carbonyl (C=O) groups is 2. The number of amides is 3. The van der Waals surface area contributed by atoms with Gasteiger partial charge in [-0.1, -0.05) is 0 Å². The standard InChI is InChI=1S/C22H33F2N5O2/c1-20(23,24)12-16(18(30)27-22(14-25)4-5-22)17-13-29(19(26)31)11-8-21(17)6-9-28(10-7-21)15-2-3-15/h15-17H,2-13H2,1H3,(H2,26,31)(H,27,30)/t16-,17?/m0/s1. The maximum atomic E-state index is 14.2. The number of nitrogens with zero attached hydrogens (tertiary/aromatic N) is 3. The summed E-state index contributed by atoms with van der Waals surface area (Å²) in [5, 5.41) is 12.1. The van der Waals surface area contributed by atoms with Gasteiger partial charge in [0.15, 0.2) is 0 Å². The maximum Gasteiger partial charge on any atom is 0.314 e. The molecule has 7 nitrogen and oxygen atoms in total. The average molecular weight is 438 g/mol. The number of alkyl halides is 2. The van der Waals surface area contributed by atoms with Crippen LogP contribution in [0, 0.1) is 28.6 Å². The molecule has 0 aromatic heterocycles. The number of primary amides is 1. The molecule has 172 valence electrons. The lowest BCUT2D eigenvalue weighted by Crippen LogP contribution is -2.59. The molecular formula is C22H33F2N5O2. The van der Waals surface area contributed by atoms with Gasteiger partial charge in [0, 0.05) is 31.5 Å². The fraction of sp³-hybridized carbons (Fsp3) is 0.864. The first-order valence-corrected chi connectivity index (χ1v) is 11.5. The zero-order valence-electron chi connectivity index (χ0n) is 18.2. The number of nitrogens with two attached hydrogens (primary N) is 1. The molecule has 0 aromatic rings. The first-order chi connectivity index (χ1) is 14.6. The molecule has 0 bridgehead atoms. The van der Waals surface area contributed by atoms with Crippen LogP contribution in [0.4, 0.5) is 13.6 Å². The number of carbonyl (C=O) groups excluding carboxylic acids is 2.